The molecule has 0 atom stereocenters. The van der Waals surface area contributed by atoms with Crippen molar-refractivity contribution in [1.82, 2.24) is 4.90 Å². The third kappa shape index (κ3) is 3.58. The van der Waals surface area contributed by atoms with Gasteiger partial charge in [-0.05, 0) is 18.1 Å². The predicted octanol–water partition coefficient (Wildman–Crippen LogP) is 3.86. The number of amides is 1. The molecule has 0 aliphatic heterocycles. The van der Waals surface area contributed by atoms with E-state index in [4.69, 9.17) is 23.2 Å². The number of hydrogen-bond donors (Lipinski definition) is 0. The van der Waals surface area contributed by atoms with Gasteiger partial charge in [0.15, 0.2) is 0 Å². The molecule has 0 radical (unpaired) electrons. The minimum atomic E-state index is -0.641. The monoisotopic (exact) mass is 277 g/mol. The Labute approximate surface area is 110 Å². The van der Waals surface area contributed by atoms with Crippen molar-refractivity contribution in [1.29, 1.82) is 0 Å². The second-order valence-electron chi connectivity index (χ2n) is 4.33. The number of rotatable bonds is 3. The summed E-state index contributed by atoms with van der Waals surface area (Å²) in [5.74, 6) is -0.614. The van der Waals surface area contributed by atoms with Gasteiger partial charge >= 0.3 is 0 Å². The van der Waals surface area contributed by atoms with Crippen LogP contribution in [0.5, 0.6) is 0 Å². The van der Waals surface area contributed by atoms with E-state index in [1.165, 1.54) is 11.0 Å². The summed E-state index contributed by atoms with van der Waals surface area (Å²) in [5, 5.41) is 0.0788. The summed E-state index contributed by atoms with van der Waals surface area (Å²) in [5.41, 5.74) is 0.136. The lowest BCUT2D eigenvalue weighted by Crippen LogP contribution is -2.30. The van der Waals surface area contributed by atoms with Crippen LogP contribution in [0.25, 0.3) is 0 Å². The topological polar surface area (TPSA) is 20.3 Å². The minimum absolute atomic E-state index is 0.0851. The standard InChI is InChI=1S/C12H14Cl2FNO/c1-7(2)6-16(3)12(17)8-4-11(15)10(14)5-9(8)13/h4-5,7H,6H2,1-3H3. The first kappa shape index (κ1) is 14.3. The van der Waals surface area contributed by atoms with Crippen LogP contribution in [0.15, 0.2) is 12.1 Å². The van der Waals surface area contributed by atoms with E-state index in [1.54, 1.807) is 7.05 Å². The molecule has 0 saturated heterocycles. The number of benzene rings is 1. The van der Waals surface area contributed by atoms with Crippen molar-refractivity contribution >= 4 is 29.1 Å². The van der Waals surface area contributed by atoms with Gasteiger partial charge in [-0.1, -0.05) is 37.0 Å². The van der Waals surface area contributed by atoms with Gasteiger partial charge in [0.2, 0.25) is 0 Å². The third-order valence-corrected chi connectivity index (χ3v) is 2.83. The summed E-state index contributed by atoms with van der Waals surface area (Å²) >= 11 is 11.4. The van der Waals surface area contributed by atoms with Crippen molar-refractivity contribution in [2.45, 2.75) is 13.8 Å². The van der Waals surface area contributed by atoms with Crippen LogP contribution < -0.4 is 0 Å². The smallest absolute Gasteiger partial charge is 0.255 e. The predicted molar refractivity (Wildman–Crippen MR) is 68.2 cm³/mol. The fourth-order valence-electron chi connectivity index (χ4n) is 1.52. The average Bonchev–Trinajstić information content (AvgIpc) is 2.21. The van der Waals surface area contributed by atoms with E-state index in [0.717, 1.165) is 6.07 Å². The van der Waals surface area contributed by atoms with E-state index >= 15 is 0 Å². The molecule has 0 fully saturated rings. The summed E-state index contributed by atoms with van der Waals surface area (Å²) in [4.78, 5) is 13.5. The number of hydrogen-bond acceptors (Lipinski definition) is 1. The summed E-state index contributed by atoms with van der Waals surface area (Å²) < 4.78 is 13.3. The highest BCUT2D eigenvalue weighted by molar-refractivity contribution is 6.36. The van der Waals surface area contributed by atoms with Gasteiger partial charge in [0.25, 0.3) is 5.91 Å². The van der Waals surface area contributed by atoms with Crippen LogP contribution in [0.2, 0.25) is 10.0 Å². The number of halogens is 3. The van der Waals surface area contributed by atoms with Crippen LogP contribution in [-0.4, -0.2) is 24.4 Å². The molecule has 1 rings (SSSR count). The number of carbonyl (C=O) groups is 1. The van der Waals surface area contributed by atoms with Gasteiger partial charge in [-0.25, -0.2) is 4.39 Å². The third-order valence-electron chi connectivity index (χ3n) is 2.23. The molecule has 94 valence electrons. The molecule has 0 aromatic heterocycles. The Morgan fingerprint density at radius 1 is 1.35 bits per heavy atom. The van der Waals surface area contributed by atoms with Crippen molar-refractivity contribution < 1.29 is 9.18 Å². The Balaban J connectivity index is 3.00. The second kappa shape index (κ2) is 5.69. The first-order valence-electron chi connectivity index (χ1n) is 5.23. The molecule has 17 heavy (non-hydrogen) atoms. The Morgan fingerprint density at radius 3 is 2.47 bits per heavy atom. The van der Waals surface area contributed by atoms with Crippen LogP contribution >= 0.6 is 23.2 Å². The van der Waals surface area contributed by atoms with E-state index in [0.29, 0.717) is 12.5 Å². The molecule has 2 nitrogen and oxygen atoms in total. The molecule has 1 aromatic rings. The first-order valence-corrected chi connectivity index (χ1v) is 5.98. The highest BCUT2D eigenvalue weighted by atomic mass is 35.5. The van der Waals surface area contributed by atoms with Crippen LogP contribution in [-0.2, 0) is 0 Å². The van der Waals surface area contributed by atoms with Crippen molar-refractivity contribution in [3.8, 4) is 0 Å². The minimum Gasteiger partial charge on any atom is -0.341 e. The van der Waals surface area contributed by atoms with Crippen molar-refractivity contribution in [2.75, 3.05) is 13.6 Å². The lowest BCUT2D eigenvalue weighted by Gasteiger charge is -2.20. The fraction of sp³-hybridized carbons (Fsp3) is 0.417. The zero-order valence-corrected chi connectivity index (χ0v) is 11.4. The van der Waals surface area contributed by atoms with E-state index in [1.807, 2.05) is 13.8 Å². The van der Waals surface area contributed by atoms with Gasteiger partial charge < -0.3 is 4.90 Å². The molecule has 1 aromatic carbocycles. The SMILES string of the molecule is CC(C)CN(C)C(=O)c1cc(F)c(Cl)cc1Cl. The van der Waals surface area contributed by atoms with Crippen molar-refractivity contribution in [3.63, 3.8) is 0 Å². The molecule has 0 N–H and O–H groups in total. The molecule has 0 aliphatic rings. The Morgan fingerprint density at radius 2 is 1.94 bits per heavy atom. The van der Waals surface area contributed by atoms with E-state index in [-0.39, 0.29) is 21.5 Å². The van der Waals surface area contributed by atoms with Gasteiger partial charge in [-0.3, -0.25) is 4.79 Å². The van der Waals surface area contributed by atoms with Crippen molar-refractivity contribution in [3.05, 3.63) is 33.6 Å². The van der Waals surface area contributed by atoms with Gasteiger partial charge in [-0.2, -0.15) is 0 Å². The maximum absolute atomic E-state index is 13.3. The maximum atomic E-state index is 13.3. The van der Waals surface area contributed by atoms with Gasteiger partial charge in [0.05, 0.1) is 15.6 Å². The van der Waals surface area contributed by atoms with E-state index in [9.17, 15) is 9.18 Å². The Kier molecular flexibility index (Phi) is 4.78. The molecule has 0 unspecified atom stereocenters. The van der Waals surface area contributed by atoms with E-state index < -0.39 is 5.82 Å². The van der Waals surface area contributed by atoms with Crippen LogP contribution in [0, 0.1) is 11.7 Å². The molecule has 0 saturated carbocycles. The quantitative estimate of drug-likeness (QED) is 0.769. The van der Waals surface area contributed by atoms with E-state index in [2.05, 4.69) is 0 Å². The number of carbonyl (C=O) groups excluding carboxylic acids is 1. The van der Waals surface area contributed by atoms with Crippen LogP contribution in [0.4, 0.5) is 4.39 Å². The molecule has 0 aliphatic carbocycles. The number of nitrogens with zero attached hydrogens (tertiary/aromatic N) is 1. The summed E-state index contributed by atoms with van der Waals surface area (Å²) in [7, 11) is 1.66. The van der Waals surface area contributed by atoms with Crippen molar-refractivity contribution in [2.24, 2.45) is 5.92 Å². The molecule has 5 heteroatoms. The summed E-state index contributed by atoms with van der Waals surface area (Å²) in [6, 6.07) is 2.32. The van der Waals surface area contributed by atoms with Gasteiger partial charge in [-0.15, -0.1) is 0 Å². The molecule has 1 amide bonds. The fourth-order valence-corrected chi connectivity index (χ4v) is 1.99. The lowest BCUT2D eigenvalue weighted by atomic mass is 10.1. The largest absolute Gasteiger partial charge is 0.341 e. The lowest BCUT2D eigenvalue weighted by molar-refractivity contribution is 0.0779. The molecular weight excluding hydrogens is 264 g/mol. The summed E-state index contributed by atoms with van der Waals surface area (Å²) in [6.07, 6.45) is 0. The highest BCUT2D eigenvalue weighted by Crippen LogP contribution is 2.25. The molecular formula is C12H14Cl2FNO. The van der Waals surface area contributed by atoms with Crippen LogP contribution in [0.1, 0.15) is 24.2 Å². The normalized spacial score (nSPS) is 10.8. The maximum Gasteiger partial charge on any atom is 0.255 e. The Hall–Kier alpha value is -0.800. The average molecular weight is 278 g/mol. The highest BCUT2D eigenvalue weighted by Gasteiger charge is 2.18. The molecule has 0 heterocycles. The van der Waals surface area contributed by atoms with Gasteiger partial charge in [0.1, 0.15) is 5.82 Å². The van der Waals surface area contributed by atoms with Crippen LogP contribution in [0.3, 0.4) is 0 Å². The summed E-state index contributed by atoms with van der Waals surface area (Å²) in [6.45, 7) is 4.57. The molecule has 0 spiro atoms. The zero-order valence-electron chi connectivity index (χ0n) is 9.93. The van der Waals surface area contributed by atoms with Gasteiger partial charge in [0, 0.05) is 13.6 Å². The second-order valence-corrected chi connectivity index (χ2v) is 5.14. The first-order chi connectivity index (χ1) is 7.82. The zero-order chi connectivity index (χ0) is 13.2. The molecule has 0 bridgehead atoms. The Bertz CT molecular complexity index is 435.